The summed E-state index contributed by atoms with van der Waals surface area (Å²) in [5.74, 6) is 1.30. The van der Waals surface area contributed by atoms with E-state index in [0.717, 1.165) is 12.5 Å². The Bertz CT molecular complexity index is 711. The highest BCUT2D eigenvalue weighted by Crippen LogP contribution is 2.24. The van der Waals surface area contributed by atoms with Crippen LogP contribution in [-0.2, 0) is 9.84 Å². The molecule has 1 atom stereocenters. The van der Waals surface area contributed by atoms with Gasteiger partial charge in [-0.25, -0.2) is 8.42 Å². The molecule has 0 aliphatic carbocycles. The number of guanidine groups is 1. The van der Waals surface area contributed by atoms with Crippen LogP contribution in [0, 0.1) is 6.92 Å². The Morgan fingerprint density at radius 1 is 1.42 bits per heavy atom. The molecular formula is C18H29N3O2S. The number of nitrogens with one attached hydrogen (secondary N) is 1. The summed E-state index contributed by atoms with van der Waals surface area (Å²) in [6, 6.07) is 8.51. The lowest BCUT2D eigenvalue weighted by Crippen LogP contribution is -2.57. The lowest BCUT2D eigenvalue weighted by atomic mass is 9.99. The van der Waals surface area contributed by atoms with Crippen molar-refractivity contribution in [3.05, 3.63) is 35.4 Å². The van der Waals surface area contributed by atoms with Gasteiger partial charge in [0.25, 0.3) is 0 Å². The number of hydrogen-bond acceptors (Lipinski definition) is 3. The van der Waals surface area contributed by atoms with Gasteiger partial charge in [0.2, 0.25) is 0 Å². The Morgan fingerprint density at radius 3 is 2.71 bits per heavy atom. The highest BCUT2D eigenvalue weighted by Gasteiger charge is 2.40. The van der Waals surface area contributed by atoms with Crippen molar-refractivity contribution in [1.82, 2.24) is 10.2 Å². The molecule has 1 aromatic rings. The molecule has 1 unspecified atom stereocenters. The fourth-order valence-corrected chi connectivity index (χ4v) is 4.36. The molecule has 134 valence electrons. The van der Waals surface area contributed by atoms with Gasteiger partial charge >= 0.3 is 0 Å². The van der Waals surface area contributed by atoms with Gasteiger partial charge in [-0.1, -0.05) is 36.8 Å². The third-order valence-corrected chi connectivity index (χ3v) is 7.27. The van der Waals surface area contributed by atoms with Crippen molar-refractivity contribution in [2.45, 2.75) is 38.4 Å². The maximum atomic E-state index is 12.2. The molecule has 0 spiro atoms. The van der Waals surface area contributed by atoms with Gasteiger partial charge < -0.3 is 10.2 Å². The van der Waals surface area contributed by atoms with Crippen LogP contribution >= 0.6 is 0 Å². The van der Waals surface area contributed by atoms with E-state index in [0.29, 0.717) is 19.0 Å². The molecule has 0 amide bonds. The van der Waals surface area contributed by atoms with E-state index in [1.54, 1.807) is 20.9 Å². The highest BCUT2D eigenvalue weighted by atomic mass is 32.2. The van der Waals surface area contributed by atoms with E-state index in [1.165, 1.54) is 11.1 Å². The SMILES string of the molecule is CN=C(NCC(C)c1cccc(C)c1)N1CCS(=O)(=O)C(C)(C)C1. The van der Waals surface area contributed by atoms with Gasteiger partial charge in [-0.05, 0) is 32.3 Å². The van der Waals surface area contributed by atoms with E-state index < -0.39 is 14.6 Å². The maximum absolute atomic E-state index is 12.2. The summed E-state index contributed by atoms with van der Waals surface area (Å²) >= 11 is 0. The first-order chi connectivity index (χ1) is 11.2. The molecule has 6 heteroatoms. The average Bonchev–Trinajstić information content (AvgIpc) is 2.51. The van der Waals surface area contributed by atoms with Crippen LogP contribution in [0.4, 0.5) is 0 Å². The van der Waals surface area contributed by atoms with Crippen LogP contribution in [0.3, 0.4) is 0 Å². The maximum Gasteiger partial charge on any atom is 0.193 e. The van der Waals surface area contributed by atoms with Gasteiger partial charge in [-0.3, -0.25) is 4.99 Å². The fourth-order valence-electron chi connectivity index (χ4n) is 3.00. The summed E-state index contributed by atoms with van der Waals surface area (Å²) < 4.78 is 23.6. The Hall–Kier alpha value is -1.56. The van der Waals surface area contributed by atoms with Crippen molar-refractivity contribution < 1.29 is 8.42 Å². The number of sulfone groups is 1. The van der Waals surface area contributed by atoms with E-state index in [4.69, 9.17) is 0 Å². The highest BCUT2D eigenvalue weighted by molar-refractivity contribution is 7.92. The lowest BCUT2D eigenvalue weighted by molar-refractivity contribution is 0.352. The normalized spacial score (nSPS) is 21.4. The Kier molecular flexibility index (Phi) is 5.58. The number of nitrogens with zero attached hydrogens (tertiary/aromatic N) is 2. The minimum absolute atomic E-state index is 0.175. The first kappa shape index (κ1) is 18.8. The number of aliphatic imine (C=N–C) groups is 1. The van der Waals surface area contributed by atoms with Crippen molar-refractivity contribution in [2.75, 3.05) is 32.4 Å². The number of hydrogen-bond donors (Lipinski definition) is 1. The van der Waals surface area contributed by atoms with Crippen LogP contribution in [-0.4, -0.2) is 56.5 Å². The zero-order valence-electron chi connectivity index (χ0n) is 15.3. The van der Waals surface area contributed by atoms with Gasteiger partial charge in [-0.2, -0.15) is 0 Å². The molecule has 24 heavy (non-hydrogen) atoms. The monoisotopic (exact) mass is 351 g/mol. The van der Waals surface area contributed by atoms with Crippen LogP contribution in [0.5, 0.6) is 0 Å². The average molecular weight is 352 g/mol. The smallest absolute Gasteiger partial charge is 0.193 e. The minimum atomic E-state index is -3.04. The van der Waals surface area contributed by atoms with Crippen molar-refractivity contribution >= 4 is 15.8 Å². The second-order valence-corrected chi connectivity index (χ2v) is 9.99. The van der Waals surface area contributed by atoms with Crippen LogP contribution in [0.1, 0.15) is 37.8 Å². The van der Waals surface area contributed by atoms with Crippen LogP contribution in [0.2, 0.25) is 0 Å². The molecule has 1 aliphatic heterocycles. The van der Waals surface area contributed by atoms with Crippen LogP contribution < -0.4 is 5.32 Å². The van der Waals surface area contributed by atoms with Gasteiger partial charge in [0, 0.05) is 26.7 Å². The number of benzene rings is 1. The van der Waals surface area contributed by atoms with Crippen molar-refractivity contribution in [3.63, 3.8) is 0 Å². The van der Waals surface area contributed by atoms with E-state index in [2.05, 4.69) is 48.4 Å². The predicted octanol–water partition coefficient (Wildman–Crippen LogP) is 2.18. The molecule has 5 nitrogen and oxygen atoms in total. The zero-order valence-corrected chi connectivity index (χ0v) is 16.2. The van der Waals surface area contributed by atoms with E-state index in [1.807, 2.05) is 4.90 Å². The second-order valence-electron chi connectivity index (χ2n) is 7.24. The summed E-state index contributed by atoms with van der Waals surface area (Å²) in [6.07, 6.45) is 0. The lowest BCUT2D eigenvalue weighted by Gasteiger charge is -2.39. The topological polar surface area (TPSA) is 61.8 Å². The largest absolute Gasteiger partial charge is 0.356 e. The standard InChI is InChI=1S/C18H29N3O2S/c1-14-7-6-8-16(11-14)15(2)12-20-17(19-5)21-9-10-24(22,23)18(3,4)13-21/h6-8,11,15H,9-10,12-13H2,1-5H3,(H,19,20). The van der Waals surface area contributed by atoms with Crippen molar-refractivity contribution in [1.29, 1.82) is 0 Å². The zero-order chi connectivity index (χ0) is 18.0. The fraction of sp³-hybridized carbons (Fsp3) is 0.611. The van der Waals surface area contributed by atoms with Crippen molar-refractivity contribution in [2.24, 2.45) is 4.99 Å². The molecule has 1 fully saturated rings. The Morgan fingerprint density at radius 2 is 2.12 bits per heavy atom. The summed E-state index contributed by atoms with van der Waals surface area (Å²) in [4.78, 5) is 6.39. The van der Waals surface area contributed by atoms with Crippen LogP contribution in [0.15, 0.2) is 29.3 Å². The summed E-state index contributed by atoms with van der Waals surface area (Å²) in [6.45, 7) is 9.57. The van der Waals surface area contributed by atoms with Crippen LogP contribution in [0.25, 0.3) is 0 Å². The quantitative estimate of drug-likeness (QED) is 0.670. The molecule has 0 bridgehead atoms. The Labute approximate surface area is 146 Å². The van der Waals surface area contributed by atoms with Crippen molar-refractivity contribution in [3.8, 4) is 0 Å². The molecule has 1 heterocycles. The van der Waals surface area contributed by atoms with E-state index in [9.17, 15) is 8.42 Å². The first-order valence-corrected chi connectivity index (χ1v) is 10.1. The third kappa shape index (κ3) is 4.09. The number of rotatable bonds is 3. The van der Waals surface area contributed by atoms with Gasteiger partial charge in [0.05, 0.1) is 10.5 Å². The molecule has 0 aromatic heterocycles. The first-order valence-electron chi connectivity index (χ1n) is 8.41. The number of aryl methyl sites for hydroxylation is 1. The second kappa shape index (κ2) is 7.13. The summed E-state index contributed by atoms with van der Waals surface area (Å²) in [7, 11) is -1.29. The van der Waals surface area contributed by atoms with Gasteiger partial charge in [-0.15, -0.1) is 0 Å². The molecular weight excluding hydrogens is 322 g/mol. The third-order valence-electron chi connectivity index (χ3n) is 4.73. The van der Waals surface area contributed by atoms with Gasteiger partial charge in [0.1, 0.15) is 0 Å². The van der Waals surface area contributed by atoms with Gasteiger partial charge in [0.15, 0.2) is 15.8 Å². The molecule has 0 radical (unpaired) electrons. The summed E-state index contributed by atoms with van der Waals surface area (Å²) in [5, 5.41) is 3.40. The molecule has 0 saturated carbocycles. The molecule has 1 aromatic carbocycles. The van der Waals surface area contributed by atoms with E-state index >= 15 is 0 Å². The molecule has 1 N–H and O–H groups in total. The molecule has 1 aliphatic rings. The minimum Gasteiger partial charge on any atom is -0.356 e. The Balaban J connectivity index is 2.01. The van der Waals surface area contributed by atoms with E-state index in [-0.39, 0.29) is 5.75 Å². The predicted molar refractivity (Wildman–Crippen MR) is 100 cm³/mol. The molecule has 2 rings (SSSR count). The summed E-state index contributed by atoms with van der Waals surface area (Å²) in [5.41, 5.74) is 2.55. The molecule has 1 saturated heterocycles.